The molecule has 1 fully saturated rings. The number of nitrogens with zero attached hydrogens (tertiary/aromatic N) is 1. The molecule has 0 saturated carbocycles. The number of carbonyl (C=O) groups excluding carboxylic acids is 4. The van der Waals surface area contributed by atoms with Gasteiger partial charge in [-0.25, -0.2) is 4.79 Å². The maximum Gasteiger partial charge on any atom is 0.355 e. The van der Waals surface area contributed by atoms with Crippen molar-refractivity contribution in [3.05, 3.63) is 81.5 Å². The molecule has 2 aromatic carbocycles. The molecule has 0 aromatic heterocycles. The van der Waals surface area contributed by atoms with Crippen LogP contribution in [0.5, 0.6) is 0 Å². The van der Waals surface area contributed by atoms with Crippen LogP contribution in [-0.4, -0.2) is 52.2 Å². The van der Waals surface area contributed by atoms with Gasteiger partial charge in [0, 0.05) is 15.8 Å². The SMILES string of the molecule is CC1=C(C(=O)OCC(=O)c2ccc(Br)cc2)N2C(=O)C(NC(=O)Cc3ccccc3)[C@@H]2SC1. The third kappa shape index (κ3) is 5.04. The standard InChI is InChI=1S/C24H21BrN2O5S/c1-14-13-33-23-20(26-19(29)11-15-5-3-2-4-6-15)22(30)27(23)21(14)24(31)32-12-18(28)16-7-9-17(25)10-8-16/h2-10,20,23H,11-13H2,1H3,(H,26,29)/t20?,23-/m0/s1. The van der Waals surface area contributed by atoms with E-state index in [9.17, 15) is 19.2 Å². The highest BCUT2D eigenvalue weighted by atomic mass is 79.9. The smallest absolute Gasteiger partial charge is 0.355 e. The summed E-state index contributed by atoms with van der Waals surface area (Å²) in [6.45, 7) is 1.33. The molecule has 2 aliphatic heterocycles. The Kier molecular flexibility index (Phi) is 6.99. The Morgan fingerprint density at radius 1 is 1.12 bits per heavy atom. The predicted octanol–water partition coefficient (Wildman–Crippen LogP) is 3.09. The Balaban J connectivity index is 1.37. The first kappa shape index (κ1) is 23.3. The van der Waals surface area contributed by atoms with E-state index >= 15 is 0 Å². The van der Waals surface area contributed by atoms with Crippen LogP contribution in [0.2, 0.25) is 0 Å². The first-order chi connectivity index (χ1) is 15.8. The van der Waals surface area contributed by atoms with Gasteiger partial charge in [0.05, 0.1) is 6.42 Å². The number of nitrogens with one attached hydrogen (secondary N) is 1. The molecule has 4 rings (SSSR count). The van der Waals surface area contributed by atoms with Gasteiger partial charge in [-0.3, -0.25) is 19.3 Å². The number of ketones is 1. The summed E-state index contributed by atoms with van der Waals surface area (Å²) in [7, 11) is 0. The van der Waals surface area contributed by atoms with E-state index in [0.717, 1.165) is 10.0 Å². The van der Waals surface area contributed by atoms with Crippen LogP contribution < -0.4 is 5.32 Å². The third-order valence-electron chi connectivity index (χ3n) is 5.38. The van der Waals surface area contributed by atoms with Gasteiger partial charge >= 0.3 is 5.97 Å². The second kappa shape index (κ2) is 9.93. The molecule has 2 aliphatic rings. The fraction of sp³-hybridized carbons (Fsp3) is 0.250. The molecule has 33 heavy (non-hydrogen) atoms. The van der Waals surface area contributed by atoms with Gasteiger partial charge in [-0.1, -0.05) is 58.4 Å². The molecule has 9 heteroatoms. The average Bonchev–Trinajstić information content (AvgIpc) is 2.81. The summed E-state index contributed by atoms with van der Waals surface area (Å²) in [5.41, 5.74) is 2.13. The van der Waals surface area contributed by atoms with Gasteiger partial charge < -0.3 is 10.1 Å². The van der Waals surface area contributed by atoms with Crippen LogP contribution in [0.25, 0.3) is 0 Å². The molecule has 0 radical (unpaired) electrons. The molecular weight excluding hydrogens is 508 g/mol. The molecule has 0 aliphatic carbocycles. The first-order valence-electron chi connectivity index (χ1n) is 10.3. The molecule has 2 aromatic rings. The summed E-state index contributed by atoms with van der Waals surface area (Å²) < 4.78 is 6.08. The number of benzene rings is 2. The highest BCUT2D eigenvalue weighted by Crippen LogP contribution is 2.40. The van der Waals surface area contributed by atoms with Crippen LogP contribution in [0.15, 0.2) is 70.3 Å². The minimum atomic E-state index is -0.717. The number of amides is 2. The quantitative estimate of drug-likeness (QED) is 0.337. The van der Waals surface area contributed by atoms with Gasteiger partial charge in [-0.2, -0.15) is 0 Å². The molecule has 1 saturated heterocycles. The minimum Gasteiger partial charge on any atom is -0.453 e. The zero-order chi connectivity index (χ0) is 23.5. The second-order valence-electron chi connectivity index (χ2n) is 7.75. The van der Waals surface area contributed by atoms with E-state index in [0.29, 0.717) is 16.9 Å². The number of hydrogen-bond acceptors (Lipinski definition) is 6. The second-order valence-corrected chi connectivity index (χ2v) is 9.77. The Morgan fingerprint density at radius 2 is 1.82 bits per heavy atom. The van der Waals surface area contributed by atoms with Gasteiger partial charge in [0.1, 0.15) is 17.1 Å². The molecule has 7 nitrogen and oxygen atoms in total. The van der Waals surface area contributed by atoms with Gasteiger partial charge in [0.25, 0.3) is 5.91 Å². The van der Waals surface area contributed by atoms with E-state index in [2.05, 4.69) is 21.2 Å². The summed E-state index contributed by atoms with van der Waals surface area (Å²) in [5.74, 6) is -1.15. The number of fused-ring (bicyclic) bond motifs is 1. The largest absolute Gasteiger partial charge is 0.453 e. The highest BCUT2D eigenvalue weighted by molar-refractivity contribution is 9.10. The summed E-state index contributed by atoms with van der Waals surface area (Å²) in [6.07, 6.45) is 0.171. The van der Waals surface area contributed by atoms with Crippen LogP contribution >= 0.6 is 27.7 Å². The lowest BCUT2D eigenvalue weighted by atomic mass is 10.0. The molecule has 170 valence electrons. The van der Waals surface area contributed by atoms with Crippen molar-refractivity contribution >= 4 is 51.3 Å². The van der Waals surface area contributed by atoms with E-state index in [-0.39, 0.29) is 35.1 Å². The van der Waals surface area contributed by atoms with E-state index in [1.165, 1.54) is 16.7 Å². The molecule has 1 N–H and O–H groups in total. The van der Waals surface area contributed by atoms with Crippen molar-refractivity contribution in [1.82, 2.24) is 10.2 Å². The Labute approximate surface area is 203 Å². The van der Waals surface area contributed by atoms with Gasteiger partial charge in [-0.15, -0.1) is 11.8 Å². The van der Waals surface area contributed by atoms with E-state index < -0.39 is 18.6 Å². The monoisotopic (exact) mass is 528 g/mol. The van der Waals surface area contributed by atoms with Crippen LogP contribution in [0.4, 0.5) is 0 Å². The van der Waals surface area contributed by atoms with Crippen LogP contribution in [0.1, 0.15) is 22.8 Å². The zero-order valence-corrected chi connectivity index (χ0v) is 20.1. The maximum absolute atomic E-state index is 12.8. The predicted molar refractivity (Wildman–Crippen MR) is 127 cm³/mol. The van der Waals surface area contributed by atoms with Crippen molar-refractivity contribution in [3.8, 4) is 0 Å². The normalized spacial score (nSPS) is 19.5. The lowest BCUT2D eigenvalue weighted by molar-refractivity contribution is -0.152. The van der Waals surface area contributed by atoms with E-state index in [4.69, 9.17) is 4.74 Å². The van der Waals surface area contributed by atoms with Crippen LogP contribution in [0.3, 0.4) is 0 Å². The number of ether oxygens (including phenoxy) is 1. The number of hydrogen-bond donors (Lipinski definition) is 1. The number of rotatable bonds is 7. The summed E-state index contributed by atoms with van der Waals surface area (Å²) in [6, 6.07) is 15.3. The minimum absolute atomic E-state index is 0.154. The number of thioether (sulfide) groups is 1. The molecule has 0 bridgehead atoms. The highest BCUT2D eigenvalue weighted by Gasteiger charge is 2.54. The summed E-state index contributed by atoms with van der Waals surface area (Å²) in [5, 5.41) is 2.40. The fourth-order valence-electron chi connectivity index (χ4n) is 3.69. The Hall–Kier alpha value is -2.91. The molecule has 1 unspecified atom stereocenters. The van der Waals surface area contributed by atoms with E-state index in [1.54, 1.807) is 31.2 Å². The first-order valence-corrected chi connectivity index (χ1v) is 12.1. The van der Waals surface area contributed by atoms with Gasteiger partial charge in [0.15, 0.2) is 12.4 Å². The number of Topliss-reactive ketones (excluding diaryl/α,β-unsaturated/α-hetero) is 1. The topological polar surface area (TPSA) is 92.8 Å². The van der Waals surface area contributed by atoms with Gasteiger partial charge in [0.2, 0.25) is 5.91 Å². The molecular formula is C24H21BrN2O5S. The lowest BCUT2D eigenvalue weighted by Gasteiger charge is -2.49. The number of β-lactam (4-membered cyclic amide) rings is 1. The molecule has 0 spiro atoms. The Morgan fingerprint density at radius 3 is 2.52 bits per heavy atom. The Bertz CT molecular complexity index is 1130. The molecule has 2 atom stereocenters. The third-order valence-corrected chi connectivity index (χ3v) is 7.33. The zero-order valence-electron chi connectivity index (χ0n) is 17.7. The van der Waals surface area contributed by atoms with E-state index in [1.807, 2.05) is 30.3 Å². The van der Waals surface area contributed by atoms with Crippen molar-refractivity contribution < 1.29 is 23.9 Å². The number of halogens is 1. The van der Waals surface area contributed by atoms with Crippen molar-refractivity contribution in [2.75, 3.05) is 12.4 Å². The number of carbonyl (C=O) groups is 4. The molecule has 2 amide bonds. The fourth-order valence-corrected chi connectivity index (χ4v) is 5.24. The van der Waals surface area contributed by atoms with Crippen molar-refractivity contribution in [2.24, 2.45) is 0 Å². The van der Waals surface area contributed by atoms with Crippen LogP contribution in [0, 0.1) is 0 Å². The van der Waals surface area contributed by atoms with Gasteiger partial charge in [-0.05, 0) is 30.2 Å². The van der Waals surface area contributed by atoms with Crippen molar-refractivity contribution in [3.63, 3.8) is 0 Å². The molecule has 2 heterocycles. The van der Waals surface area contributed by atoms with Crippen molar-refractivity contribution in [2.45, 2.75) is 24.8 Å². The average molecular weight is 529 g/mol. The number of esters is 1. The maximum atomic E-state index is 12.8. The summed E-state index contributed by atoms with van der Waals surface area (Å²) in [4.78, 5) is 51.7. The van der Waals surface area contributed by atoms with Crippen molar-refractivity contribution in [1.29, 1.82) is 0 Å². The lowest BCUT2D eigenvalue weighted by Crippen LogP contribution is -2.70. The summed E-state index contributed by atoms with van der Waals surface area (Å²) >= 11 is 4.79. The van der Waals surface area contributed by atoms with Crippen LogP contribution in [-0.2, 0) is 25.5 Å².